The molecular weight excluding hydrogens is 476 g/mol. The third-order valence-corrected chi connectivity index (χ3v) is 6.33. The van der Waals surface area contributed by atoms with Crippen molar-refractivity contribution < 1.29 is 22.3 Å². The first-order valence-corrected chi connectivity index (χ1v) is 12.2. The second kappa shape index (κ2) is 11.9. The Morgan fingerprint density at radius 3 is 1.86 bits per heavy atom. The van der Waals surface area contributed by atoms with Crippen molar-refractivity contribution in [3.63, 3.8) is 0 Å². The molecule has 0 spiro atoms. The fraction of sp³-hybridized carbons (Fsp3) is 0.188. The van der Waals surface area contributed by atoms with Gasteiger partial charge in [-0.1, -0.05) is 78.4 Å². The molecule has 0 radical (unpaired) electrons. The molecule has 37 heavy (non-hydrogen) atoms. The summed E-state index contributed by atoms with van der Waals surface area (Å²) in [6.45, 7) is 5.83. The van der Waals surface area contributed by atoms with Crippen molar-refractivity contribution >= 4 is 0 Å². The highest BCUT2D eigenvalue weighted by Gasteiger charge is 2.17. The van der Waals surface area contributed by atoms with Crippen molar-refractivity contribution in [2.45, 2.75) is 32.6 Å². The summed E-state index contributed by atoms with van der Waals surface area (Å²) in [6.07, 6.45) is 3.90. The molecule has 0 saturated carbocycles. The van der Waals surface area contributed by atoms with Crippen LogP contribution in [0.4, 0.5) is 17.6 Å². The maximum Gasteiger partial charge on any atom is 0.200 e. The molecule has 190 valence electrons. The van der Waals surface area contributed by atoms with Crippen LogP contribution in [0.15, 0.2) is 85.5 Å². The summed E-state index contributed by atoms with van der Waals surface area (Å²) in [5, 5.41) is 0. The largest absolute Gasteiger partial charge is 0.490 e. The normalized spacial score (nSPS) is 10.9. The average Bonchev–Trinajstić information content (AvgIpc) is 2.91. The molecule has 0 fully saturated rings. The van der Waals surface area contributed by atoms with Gasteiger partial charge in [-0.25, -0.2) is 13.2 Å². The first-order chi connectivity index (χ1) is 17.9. The summed E-state index contributed by atoms with van der Waals surface area (Å²) in [4.78, 5) is 0. The average molecular weight is 505 g/mol. The van der Waals surface area contributed by atoms with E-state index in [-0.39, 0.29) is 35.5 Å². The van der Waals surface area contributed by atoms with Crippen molar-refractivity contribution in [2.75, 3.05) is 6.61 Å². The van der Waals surface area contributed by atoms with E-state index in [9.17, 15) is 17.6 Å². The van der Waals surface area contributed by atoms with Gasteiger partial charge in [0, 0.05) is 11.1 Å². The number of unbranched alkanes of at least 4 members (excludes halogenated alkanes) is 1. The van der Waals surface area contributed by atoms with E-state index in [4.69, 9.17) is 4.74 Å². The van der Waals surface area contributed by atoms with Gasteiger partial charge in [0.25, 0.3) is 0 Å². The van der Waals surface area contributed by atoms with Crippen LogP contribution in [0.25, 0.3) is 22.3 Å². The predicted octanol–water partition coefficient (Wildman–Crippen LogP) is 9.02. The molecule has 0 atom stereocenters. The SMILES string of the molecule is C=CCCCOc1ccc(CCc2ccc(-c3ccc(-c4ccc(C)cc4)c(F)c3F)cc2)c(F)c1F. The molecule has 4 aromatic carbocycles. The lowest BCUT2D eigenvalue weighted by atomic mass is 9.96. The highest BCUT2D eigenvalue weighted by Crippen LogP contribution is 2.32. The van der Waals surface area contributed by atoms with E-state index in [2.05, 4.69) is 6.58 Å². The molecule has 0 amide bonds. The van der Waals surface area contributed by atoms with Crippen molar-refractivity contribution in [3.8, 4) is 28.0 Å². The van der Waals surface area contributed by atoms with Gasteiger partial charge in [0.05, 0.1) is 6.61 Å². The third-order valence-electron chi connectivity index (χ3n) is 6.33. The molecule has 0 aliphatic heterocycles. The first-order valence-electron chi connectivity index (χ1n) is 12.2. The zero-order valence-corrected chi connectivity index (χ0v) is 20.7. The summed E-state index contributed by atoms with van der Waals surface area (Å²) >= 11 is 0. The van der Waals surface area contributed by atoms with E-state index in [1.54, 1.807) is 54.6 Å². The number of aryl methyl sites for hydroxylation is 3. The minimum atomic E-state index is -0.988. The van der Waals surface area contributed by atoms with Crippen LogP contribution in [-0.2, 0) is 12.8 Å². The number of ether oxygens (including phenoxy) is 1. The quantitative estimate of drug-likeness (QED) is 0.119. The Hall–Kier alpha value is -3.86. The number of allylic oxidation sites excluding steroid dienone is 1. The van der Waals surface area contributed by atoms with Gasteiger partial charge in [-0.15, -0.1) is 6.58 Å². The summed E-state index contributed by atoms with van der Waals surface area (Å²) in [5.41, 5.74) is 3.67. The lowest BCUT2D eigenvalue weighted by Crippen LogP contribution is -2.03. The van der Waals surface area contributed by atoms with E-state index >= 15 is 0 Å². The molecule has 5 heteroatoms. The Balaban J connectivity index is 1.44. The minimum absolute atomic E-state index is 0.0997. The molecule has 4 aromatic rings. The molecular formula is C32H28F4O. The Kier molecular flexibility index (Phi) is 8.44. The molecule has 0 aromatic heterocycles. The summed E-state index contributed by atoms with van der Waals surface area (Å²) in [6, 6.07) is 20.3. The van der Waals surface area contributed by atoms with Crippen molar-refractivity contribution in [2.24, 2.45) is 0 Å². The molecule has 0 heterocycles. The van der Waals surface area contributed by atoms with Gasteiger partial charge in [0.15, 0.2) is 23.2 Å². The maximum atomic E-state index is 14.9. The topological polar surface area (TPSA) is 9.23 Å². The van der Waals surface area contributed by atoms with Gasteiger partial charge in [-0.3, -0.25) is 0 Å². The molecule has 0 N–H and O–H groups in total. The molecule has 0 aliphatic rings. The Bertz CT molecular complexity index is 1380. The monoisotopic (exact) mass is 504 g/mol. The van der Waals surface area contributed by atoms with Crippen LogP contribution >= 0.6 is 0 Å². The highest BCUT2D eigenvalue weighted by atomic mass is 19.2. The number of benzene rings is 4. The smallest absolute Gasteiger partial charge is 0.200 e. The van der Waals surface area contributed by atoms with E-state index in [1.165, 1.54) is 12.1 Å². The predicted molar refractivity (Wildman–Crippen MR) is 141 cm³/mol. The van der Waals surface area contributed by atoms with Gasteiger partial charge in [-0.2, -0.15) is 4.39 Å². The number of hydrogen-bond donors (Lipinski definition) is 0. The minimum Gasteiger partial charge on any atom is -0.490 e. The first kappa shape index (κ1) is 26.2. The van der Waals surface area contributed by atoms with E-state index in [1.807, 2.05) is 19.1 Å². The fourth-order valence-corrected chi connectivity index (χ4v) is 4.14. The van der Waals surface area contributed by atoms with Crippen LogP contribution in [0, 0.1) is 30.2 Å². The van der Waals surface area contributed by atoms with Gasteiger partial charge in [0.2, 0.25) is 5.82 Å². The van der Waals surface area contributed by atoms with Crippen molar-refractivity contribution in [1.82, 2.24) is 0 Å². The van der Waals surface area contributed by atoms with E-state index in [0.29, 0.717) is 24.0 Å². The summed E-state index contributed by atoms with van der Waals surface area (Å²) in [7, 11) is 0. The van der Waals surface area contributed by atoms with Crippen LogP contribution < -0.4 is 4.74 Å². The van der Waals surface area contributed by atoms with Crippen molar-refractivity contribution in [1.29, 1.82) is 0 Å². The second-order valence-electron chi connectivity index (χ2n) is 8.98. The zero-order valence-electron chi connectivity index (χ0n) is 20.7. The van der Waals surface area contributed by atoms with Crippen LogP contribution in [0.5, 0.6) is 5.75 Å². The molecule has 0 aliphatic carbocycles. The molecule has 0 bridgehead atoms. The maximum absolute atomic E-state index is 14.9. The standard InChI is InChI=1S/C32H28F4O/c1-3-4-5-20-37-28-19-16-25(29(33)32(28)36)15-10-22-8-13-24(14-9-22)27-18-17-26(30(34)31(27)35)23-11-6-21(2)7-12-23/h3,6-9,11-14,16-19H,1,4-5,10,15,20H2,2H3. The second-order valence-corrected chi connectivity index (χ2v) is 8.98. The van der Waals surface area contributed by atoms with E-state index < -0.39 is 23.3 Å². The number of rotatable bonds is 10. The Morgan fingerprint density at radius 2 is 1.27 bits per heavy atom. The van der Waals surface area contributed by atoms with Gasteiger partial charge in [-0.05, 0) is 60.9 Å². The highest BCUT2D eigenvalue weighted by molar-refractivity contribution is 5.72. The molecule has 4 rings (SSSR count). The lowest BCUT2D eigenvalue weighted by Gasteiger charge is -2.11. The Labute approximate surface area is 215 Å². The van der Waals surface area contributed by atoms with Crippen LogP contribution in [-0.4, -0.2) is 6.61 Å². The van der Waals surface area contributed by atoms with Gasteiger partial charge >= 0.3 is 0 Å². The van der Waals surface area contributed by atoms with Gasteiger partial charge < -0.3 is 4.74 Å². The van der Waals surface area contributed by atoms with Crippen LogP contribution in [0.3, 0.4) is 0 Å². The summed E-state index contributed by atoms with van der Waals surface area (Å²) < 4.78 is 64.1. The lowest BCUT2D eigenvalue weighted by molar-refractivity contribution is 0.290. The fourth-order valence-electron chi connectivity index (χ4n) is 4.14. The molecule has 0 unspecified atom stereocenters. The summed E-state index contributed by atoms with van der Waals surface area (Å²) in [5.74, 6) is -3.80. The molecule has 0 saturated heterocycles. The van der Waals surface area contributed by atoms with E-state index in [0.717, 1.165) is 17.5 Å². The van der Waals surface area contributed by atoms with Crippen molar-refractivity contribution in [3.05, 3.63) is 125 Å². The van der Waals surface area contributed by atoms with Crippen LogP contribution in [0.1, 0.15) is 29.5 Å². The number of halogens is 4. The third kappa shape index (κ3) is 6.11. The zero-order chi connectivity index (χ0) is 26.4. The van der Waals surface area contributed by atoms with Gasteiger partial charge in [0.1, 0.15) is 0 Å². The number of hydrogen-bond acceptors (Lipinski definition) is 1. The molecule has 1 nitrogen and oxygen atoms in total. The Morgan fingerprint density at radius 1 is 0.676 bits per heavy atom. The van der Waals surface area contributed by atoms with Crippen LogP contribution in [0.2, 0.25) is 0 Å².